The lowest BCUT2D eigenvalue weighted by Crippen LogP contribution is -2.29. The molecule has 0 amide bonds. The summed E-state index contributed by atoms with van der Waals surface area (Å²) in [6, 6.07) is 6.60. The number of halogens is 1. The lowest BCUT2D eigenvalue weighted by molar-refractivity contribution is -0.145. The van der Waals surface area contributed by atoms with Crippen LogP contribution in [0.2, 0.25) is 5.02 Å². The maximum absolute atomic E-state index is 12.3. The van der Waals surface area contributed by atoms with Gasteiger partial charge in [-0.25, -0.2) is 8.42 Å². The van der Waals surface area contributed by atoms with E-state index in [1.165, 1.54) is 14.0 Å². The summed E-state index contributed by atoms with van der Waals surface area (Å²) in [6.07, 6.45) is 0. The molecule has 1 aromatic rings. The lowest BCUT2D eigenvalue weighted by atomic mass is 10.0. The van der Waals surface area contributed by atoms with Crippen molar-refractivity contribution in [1.82, 2.24) is 0 Å². The Kier molecular flexibility index (Phi) is 4.33. The summed E-state index contributed by atoms with van der Waals surface area (Å²) in [5.74, 6) is -1.86. The molecule has 1 aromatic carbocycles. The van der Waals surface area contributed by atoms with E-state index in [1.54, 1.807) is 24.3 Å². The molecule has 7 heteroatoms. The van der Waals surface area contributed by atoms with E-state index in [9.17, 15) is 18.3 Å². The van der Waals surface area contributed by atoms with Crippen molar-refractivity contribution in [3.8, 4) is 0 Å². The number of hydrogen-bond donors (Lipinski definition) is 1. The number of benzene rings is 1. The summed E-state index contributed by atoms with van der Waals surface area (Å²) < 4.78 is 29.5. The highest BCUT2D eigenvalue weighted by Gasteiger charge is 2.75. The molecular formula is C14H17ClO5S. The van der Waals surface area contributed by atoms with Crippen molar-refractivity contribution < 1.29 is 23.1 Å². The molecule has 1 N–H and O–H groups in total. The normalized spacial score (nSPS) is 28.3. The van der Waals surface area contributed by atoms with Crippen LogP contribution >= 0.6 is 11.6 Å². The SMILES string of the molecule is CCS(=O)(=O)[C@@H]1[C@H](c2ccc(Cl)cc2)[C@]1(COC)C(=O)O. The van der Waals surface area contributed by atoms with Gasteiger partial charge < -0.3 is 9.84 Å². The maximum atomic E-state index is 12.3. The van der Waals surface area contributed by atoms with E-state index < -0.39 is 32.4 Å². The molecule has 1 aliphatic rings. The molecule has 2 rings (SSSR count). The molecule has 0 aromatic heterocycles. The van der Waals surface area contributed by atoms with Crippen LogP contribution in [0.5, 0.6) is 0 Å². The molecule has 1 saturated carbocycles. The highest BCUT2D eigenvalue weighted by Crippen LogP contribution is 2.63. The molecule has 21 heavy (non-hydrogen) atoms. The Hall–Kier alpha value is -1.11. The molecule has 0 spiro atoms. The monoisotopic (exact) mass is 332 g/mol. The van der Waals surface area contributed by atoms with E-state index in [1.807, 2.05) is 0 Å². The van der Waals surface area contributed by atoms with Gasteiger partial charge in [0.05, 0.1) is 11.9 Å². The van der Waals surface area contributed by atoms with Gasteiger partial charge in [0, 0.05) is 23.8 Å². The van der Waals surface area contributed by atoms with Gasteiger partial charge in [-0.1, -0.05) is 30.7 Å². The minimum atomic E-state index is -3.50. The van der Waals surface area contributed by atoms with Crippen molar-refractivity contribution in [2.45, 2.75) is 18.1 Å². The van der Waals surface area contributed by atoms with Crippen molar-refractivity contribution in [2.24, 2.45) is 5.41 Å². The third kappa shape index (κ3) is 2.56. The molecule has 0 bridgehead atoms. The van der Waals surface area contributed by atoms with Crippen molar-refractivity contribution >= 4 is 27.4 Å². The first-order chi connectivity index (χ1) is 9.81. The van der Waals surface area contributed by atoms with Crippen LogP contribution in [0.1, 0.15) is 18.4 Å². The van der Waals surface area contributed by atoms with Gasteiger partial charge in [-0.15, -0.1) is 0 Å². The standard InChI is InChI=1S/C14H17ClO5S/c1-3-21(18,19)12-11(9-4-6-10(15)7-5-9)14(12,8-20-2)13(16)17/h4-7,11-12H,3,8H2,1-2H3,(H,16,17)/t11-,12+,14-/m0/s1. The molecule has 0 unspecified atom stereocenters. The van der Waals surface area contributed by atoms with Crippen LogP contribution in [-0.4, -0.2) is 44.2 Å². The summed E-state index contributed by atoms with van der Waals surface area (Å²) >= 11 is 5.83. The molecule has 3 atom stereocenters. The number of hydrogen-bond acceptors (Lipinski definition) is 4. The Morgan fingerprint density at radius 1 is 1.38 bits per heavy atom. The smallest absolute Gasteiger partial charge is 0.314 e. The van der Waals surface area contributed by atoms with Crippen LogP contribution < -0.4 is 0 Å². The van der Waals surface area contributed by atoms with Gasteiger partial charge in [0.1, 0.15) is 5.41 Å². The highest BCUT2D eigenvalue weighted by atomic mass is 35.5. The minimum Gasteiger partial charge on any atom is -0.481 e. The molecule has 1 aliphatic carbocycles. The number of carboxylic acid groups (broad SMARTS) is 1. The molecule has 0 radical (unpaired) electrons. The Labute approximate surface area is 128 Å². The molecule has 0 saturated heterocycles. The van der Waals surface area contributed by atoms with E-state index >= 15 is 0 Å². The fraction of sp³-hybridized carbons (Fsp3) is 0.500. The number of rotatable bonds is 6. The Bertz CT molecular complexity index is 640. The second kappa shape index (κ2) is 5.59. The molecule has 1 fully saturated rings. The van der Waals surface area contributed by atoms with Gasteiger partial charge in [-0.2, -0.15) is 0 Å². The fourth-order valence-electron chi connectivity index (χ4n) is 2.98. The zero-order chi connectivity index (χ0) is 15.8. The minimum absolute atomic E-state index is 0.0967. The number of carbonyl (C=O) groups is 1. The molecule has 116 valence electrons. The molecular weight excluding hydrogens is 316 g/mol. The van der Waals surface area contributed by atoms with E-state index in [0.717, 1.165) is 0 Å². The largest absolute Gasteiger partial charge is 0.481 e. The summed E-state index contributed by atoms with van der Waals surface area (Å²) in [7, 11) is -2.13. The zero-order valence-electron chi connectivity index (χ0n) is 11.7. The number of methoxy groups -OCH3 is 1. The van der Waals surface area contributed by atoms with Gasteiger partial charge in [0.25, 0.3) is 0 Å². The van der Waals surface area contributed by atoms with E-state index in [-0.39, 0.29) is 12.4 Å². The summed E-state index contributed by atoms with van der Waals surface area (Å²) in [4.78, 5) is 11.7. The third-order valence-corrected chi connectivity index (χ3v) is 6.58. The van der Waals surface area contributed by atoms with Gasteiger partial charge >= 0.3 is 5.97 Å². The summed E-state index contributed by atoms with van der Waals surface area (Å²) in [5.41, 5.74) is -0.766. The fourth-order valence-corrected chi connectivity index (χ4v) is 5.16. The van der Waals surface area contributed by atoms with Crippen LogP contribution in [0.25, 0.3) is 0 Å². The predicted molar refractivity (Wildman–Crippen MR) is 79.4 cm³/mol. The van der Waals surface area contributed by atoms with Crippen molar-refractivity contribution in [1.29, 1.82) is 0 Å². The molecule has 0 heterocycles. The van der Waals surface area contributed by atoms with Gasteiger partial charge in [-0.3, -0.25) is 4.79 Å². The lowest BCUT2D eigenvalue weighted by Gasteiger charge is -2.11. The number of sulfone groups is 1. The Morgan fingerprint density at radius 3 is 2.38 bits per heavy atom. The van der Waals surface area contributed by atoms with Gasteiger partial charge in [-0.05, 0) is 17.7 Å². The highest BCUT2D eigenvalue weighted by molar-refractivity contribution is 7.92. The van der Waals surface area contributed by atoms with Gasteiger partial charge in [0.15, 0.2) is 9.84 Å². The van der Waals surface area contributed by atoms with Crippen LogP contribution in [0.15, 0.2) is 24.3 Å². The first-order valence-corrected chi connectivity index (χ1v) is 8.60. The number of aliphatic carboxylic acids is 1. The number of ether oxygens (including phenoxy) is 1. The van der Waals surface area contributed by atoms with Crippen LogP contribution in [0.3, 0.4) is 0 Å². The van der Waals surface area contributed by atoms with Crippen LogP contribution in [0.4, 0.5) is 0 Å². The second-order valence-corrected chi connectivity index (χ2v) is 8.03. The topological polar surface area (TPSA) is 80.7 Å². The van der Waals surface area contributed by atoms with Crippen molar-refractivity contribution in [3.05, 3.63) is 34.9 Å². The van der Waals surface area contributed by atoms with Gasteiger partial charge in [0.2, 0.25) is 0 Å². The Morgan fingerprint density at radius 2 is 1.95 bits per heavy atom. The number of carboxylic acids is 1. The maximum Gasteiger partial charge on any atom is 0.314 e. The predicted octanol–water partition coefficient (Wildman–Crippen LogP) is 1.96. The Balaban J connectivity index is 2.51. The zero-order valence-corrected chi connectivity index (χ0v) is 13.3. The average molecular weight is 333 g/mol. The molecule has 0 aliphatic heterocycles. The first kappa shape index (κ1) is 16.3. The summed E-state index contributed by atoms with van der Waals surface area (Å²) in [5, 5.41) is 9.13. The van der Waals surface area contributed by atoms with E-state index in [2.05, 4.69) is 0 Å². The van der Waals surface area contributed by atoms with Crippen molar-refractivity contribution in [2.75, 3.05) is 19.5 Å². The van der Waals surface area contributed by atoms with E-state index in [0.29, 0.717) is 10.6 Å². The third-order valence-electron chi connectivity index (χ3n) is 4.06. The average Bonchev–Trinajstić information content (AvgIpc) is 3.11. The van der Waals surface area contributed by atoms with Crippen LogP contribution in [0, 0.1) is 5.41 Å². The second-order valence-electron chi connectivity index (χ2n) is 5.18. The van der Waals surface area contributed by atoms with Crippen LogP contribution in [-0.2, 0) is 19.4 Å². The first-order valence-electron chi connectivity index (χ1n) is 6.50. The quantitative estimate of drug-likeness (QED) is 0.861. The van der Waals surface area contributed by atoms with Crippen molar-refractivity contribution in [3.63, 3.8) is 0 Å². The van der Waals surface area contributed by atoms with E-state index in [4.69, 9.17) is 16.3 Å². The summed E-state index contributed by atoms with van der Waals surface area (Å²) in [6.45, 7) is 1.38. The molecule has 5 nitrogen and oxygen atoms in total.